The highest BCUT2D eigenvalue weighted by molar-refractivity contribution is 6.01. The third kappa shape index (κ3) is 2.56. The second kappa shape index (κ2) is 5.79. The summed E-state index contributed by atoms with van der Waals surface area (Å²) < 4.78 is 4.79. The Morgan fingerprint density at radius 1 is 1.23 bits per heavy atom. The first-order chi connectivity index (χ1) is 10.6. The molecular formula is C18H19NO3. The van der Waals surface area contributed by atoms with Crippen LogP contribution >= 0.6 is 0 Å². The van der Waals surface area contributed by atoms with Gasteiger partial charge in [0.15, 0.2) is 5.78 Å². The molecule has 0 saturated carbocycles. The van der Waals surface area contributed by atoms with Gasteiger partial charge in [0.25, 0.3) is 0 Å². The average molecular weight is 297 g/mol. The van der Waals surface area contributed by atoms with Crippen LogP contribution in [0.3, 0.4) is 0 Å². The highest BCUT2D eigenvalue weighted by Gasteiger charge is 2.33. The van der Waals surface area contributed by atoms with E-state index in [2.05, 4.69) is 17.4 Å². The van der Waals surface area contributed by atoms with E-state index in [1.54, 1.807) is 0 Å². The van der Waals surface area contributed by atoms with Crippen LogP contribution in [-0.4, -0.2) is 18.9 Å². The van der Waals surface area contributed by atoms with Crippen molar-refractivity contribution in [2.75, 3.05) is 7.11 Å². The summed E-state index contributed by atoms with van der Waals surface area (Å²) in [6, 6.07) is 10.1. The third-order valence-corrected chi connectivity index (χ3v) is 4.43. The van der Waals surface area contributed by atoms with E-state index in [9.17, 15) is 9.59 Å². The second-order valence-electron chi connectivity index (χ2n) is 5.79. The van der Waals surface area contributed by atoms with Crippen LogP contribution in [0, 0.1) is 0 Å². The standard InChI is InChI=1S/C18H19NO3/c1-11-14(18(21)22-2)10-15-16(19-11)8-13(9-17(15)20)12-6-4-3-5-7-12/h3-7,13,19H,8-10H2,1-2H3/t13-/m1/s1. The predicted molar refractivity (Wildman–Crippen MR) is 82.9 cm³/mol. The molecule has 4 heteroatoms. The number of allylic oxidation sites excluding steroid dienone is 3. The van der Waals surface area contributed by atoms with E-state index >= 15 is 0 Å². The van der Waals surface area contributed by atoms with Gasteiger partial charge in [0.2, 0.25) is 0 Å². The molecule has 1 aliphatic carbocycles. The maximum Gasteiger partial charge on any atom is 0.335 e. The van der Waals surface area contributed by atoms with E-state index in [1.807, 2.05) is 25.1 Å². The van der Waals surface area contributed by atoms with Crippen molar-refractivity contribution in [3.8, 4) is 0 Å². The van der Waals surface area contributed by atoms with Crippen molar-refractivity contribution in [2.24, 2.45) is 0 Å². The molecule has 0 spiro atoms. The molecule has 0 unspecified atom stereocenters. The summed E-state index contributed by atoms with van der Waals surface area (Å²) in [4.78, 5) is 24.3. The van der Waals surface area contributed by atoms with Crippen molar-refractivity contribution >= 4 is 11.8 Å². The number of nitrogens with one attached hydrogen (secondary N) is 1. The summed E-state index contributed by atoms with van der Waals surface area (Å²) in [5.41, 5.74) is 4.21. The zero-order chi connectivity index (χ0) is 15.7. The topological polar surface area (TPSA) is 55.4 Å². The van der Waals surface area contributed by atoms with Gasteiger partial charge in [-0.15, -0.1) is 0 Å². The van der Waals surface area contributed by atoms with Crippen LogP contribution in [0.15, 0.2) is 52.9 Å². The van der Waals surface area contributed by atoms with Gasteiger partial charge in [-0.1, -0.05) is 30.3 Å². The normalized spacial score (nSPS) is 21.4. The average Bonchev–Trinajstić information content (AvgIpc) is 2.54. The molecule has 114 valence electrons. The Labute approximate surface area is 129 Å². The van der Waals surface area contributed by atoms with E-state index < -0.39 is 0 Å². The van der Waals surface area contributed by atoms with E-state index in [0.29, 0.717) is 18.4 Å². The lowest BCUT2D eigenvalue weighted by Gasteiger charge is -2.31. The first kappa shape index (κ1) is 14.6. The molecule has 1 aliphatic heterocycles. The lowest BCUT2D eigenvalue weighted by atomic mass is 9.78. The fourth-order valence-electron chi connectivity index (χ4n) is 3.21. The Kier molecular flexibility index (Phi) is 3.84. The smallest absolute Gasteiger partial charge is 0.335 e. The second-order valence-corrected chi connectivity index (χ2v) is 5.79. The lowest BCUT2D eigenvalue weighted by molar-refractivity contribution is -0.136. The SMILES string of the molecule is COC(=O)C1=C(C)NC2=C(C1)C(=O)C[C@H](c1ccccc1)C2. The molecule has 1 N–H and O–H groups in total. The zero-order valence-electron chi connectivity index (χ0n) is 12.8. The van der Waals surface area contributed by atoms with Crippen LogP contribution < -0.4 is 5.32 Å². The van der Waals surface area contributed by atoms with E-state index in [4.69, 9.17) is 4.74 Å². The number of rotatable bonds is 2. The number of hydrogen-bond acceptors (Lipinski definition) is 4. The number of ether oxygens (including phenoxy) is 1. The number of Topliss-reactive ketones (excluding diaryl/α,β-unsaturated/α-hetero) is 1. The minimum Gasteiger partial charge on any atom is -0.466 e. The molecular weight excluding hydrogens is 278 g/mol. The third-order valence-electron chi connectivity index (χ3n) is 4.43. The molecule has 4 nitrogen and oxygen atoms in total. The van der Waals surface area contributed by atoms with Gasteiger partial charge in [0.1, 0.15) is 0 Å². The Morgan fingerprint density at radius 3 is 2.64 bits per heavy atom. The van der Waals surface area contributed by atoms with Crippen LogP contribution in [0.5, 0.6) is 0 Å². The van der Waals surface area contributed by atoms with E-state index in [1.165, 1.54) is 12.7 Å². The predicted octanol–water partition coefficient (Wildman–Crippen LogP) is 2.83. The Morgan fingerprint density at radius 2 is 1.95 bits per heavy atom. The highest BCUT2D eigenvalue weighted by atomic mass is 16.5. The molecule has 0 bridgehead atoms. The molecule has 3 rings (SSSR count). The number of methoxy groups -OCH3 is 1. The number of carbonyl (C=O) groups excluding carboxylic acids is 2. The van der Waals surface area contributed by atoms with Crippen LogP contribution in [0.4, 0.5) is 0 Å². The van der Waals surface area contributed by atoms with Gasteiger partial charge in [-0.3, -0.25) is 4.79 Å². The van der Waals surface area contributed by atoms with E-state index in [-0.39, 0.29) is 17.7 Å². The molecule has 1 heterocycles. The lowest BCUT2D eigenvalue weighted by Crippen LogP contribution is -2.31. The molecule has 2 aliphatic rings. The minimum atomic E-state index is -0.366. The minimum absolute atomic E-state index is 0.122. The maximum absolute atomic E-state index is 12.5. The van der Waals surface area contributed by atoms with Crippen molar-refractivity contribution in [2.45, 2.75) is 32.1 Å². The van der Waals surface area contributed by atoms with Crippen molar-refractivity contribution < 1.29 is 14.3 Å². The van der Waals surface area contributed by atoms with Gasteiger partial charge in [-0.25, -0.2) is 4.79 Å². The summed E-state index contributed by atoms with van der Waals surface area (Å²) in [5.74, 6) is -0.0431. The molecule has 0 amide bonds. The van der Waals surface area contributed by atoms with Crippen LogP contribution in [-0.2, 0) is 14.3 Å². The first-order valence-electron chi connectivity index (χ1n) is 7.45. The van der Waals surface area contributed by atoms with Gasteiger partial charge in [0, 0.05) is 29.8 Å². The largest absolute Gasteiger partial charge is 0.466 e. The van der Waals surface area contributed by atoms with Crippen molar-refractivity contribution in [1.29, 1.82) is 0 Å². The number of esters is 1. The van der Waals surface area contributed by atoms with Crippen LogP contribution in [0.1, 0.15) is 37.7 Å². The first-order valence-corrected chi connectivity index (χ1v) is 7.45. The van der Waals surface area contributed by atoms with E-state index in [0.717, 1.165) is 23.4 Å². The summed E-state index contributed by atoms with van der Waals surface area (Å²) in [6.45, 7) is 1.85. The van der Waals surface area contributed by atoms with Gasteiger partial charge in [0.05, 0.1) is 12.7 Å². The van der Waals surface area contributed by atoms with Crippen molar-refractivity contribution in [3.63, 3.8) is 0 Å². The monoisotopic (exact) mass is 297 g/mol. The summed E-state index contributed by atoms with van der Waals surface area (Å²) in [7, 11) is 1.36. The zero-order valence-corrected chi connectivity index (χ0v) is 12.8. The molecule has 0 saturated heterocycles. The van der Waals surface area contributed by atoms with Gasteiger partial charge in [-0.05, 0) is 24.8 Å². The Hall–Kier alpha value is -2.36. The number of hydrogen-bond donors (Lipinski definition) is 1. The maximum atomic E-state index is 12.5. The molecule has 1 aromatic rings. The van der Waals surface area contributed by atoms with Crippen LogP contribution in [0.2, 0.25) is 0 Å². The molecule has 1 aromatic carbocycles. The number of ketones is 1. The van der Waals surface area contributed by atoms with Gasteiger partial charge < -0.3 is 10.1 Å². The van der Waals surface area contributed by atoms with Crippen LogP contribution in [0.25, 0.3) is 0 Å². The van der Waals surface area contributed by atoms with Crippen molar-refractivity contribution in [3.05, 3.63) is 58.4 Å². The molecule has 1 atom stereocenters. The number of benzene rings is 1. The van der Waals surface area contributed by atoms with Crippen molar-refractivity contribution in [1.82, 2.24) is 5.32 Å². The Bertz CT molecular complexity index is 686. The summed E-state index contributed by atoms with van der Waals surface area (Å²) in [5, 5.41) is 3.25. The van der Waals surface area contributed by atoms with Gasteiger partial charge in [-0.2, -0.15) is 0 Å². The molecule has 22 heavy (non-hydrogen) atoms. The Balaban J connectivity index is 1.86. The highest BCUT2D eigenvalue weighted by Crippen LogP contribution is 2.38. The summed E-state index contributed by atoms with van der Waals surface area (Å²) >= 11 is 0. The molecule has 0 radical (unpaired) electrons. The fraction of sp³-hybridized carbons (Fsp3) is 0.333. The fourth-order valence-corrected chi connectivity index (χ4v) is 3.21. The molecule has 0 aromatic heterocycles. The number of dihydropyridines is 1. The molecule has 0 fully saturated rings. The van der Waals surface area contributed by atoms with Gasteiger partial charge >= 0.3 is 5.97 Å². The quantitative estimate of drug-likeness (QED) is 0.853. The number of carbonyl (C=O) groups is 2. The summed E-state index contributed by atoms with van der Waals surface area (Å²) in [6.07, 6.45) is 1.68.